The lowest BCUT2D eigenvalue weighted by atomic mass is 10.1. The number of nitrogens with one attached hydrogen (secondary N) is 1. The molecule has 3 rings (SSSR count). The second-order valence-corrected chi connectivity index (χ2v) is 6.93. The molecule has 3 aromatic carbocycles. The van der Waals surface area contributed by atoms with Crippen LogP contribution in [0.2, 0.25) is 0 Å². The zero-order valence-electron chi connectivity index (χ0n) is 16.9. The van der Waals surface area contributed by atoms with Crippen LogP contribution in [0.25, 0.3) is 0 Å². The van der Waals surface area contributed by atoms with E-state index in [0.717, 1.165) is 23.8 Å². The van der Waals surface area contributed by atoms with Crippen molar-refractivity contribution in [2.24, 2.45) is 0 Å². The van der Waals surface area contributed by atoms with Gasteiger partial charge in [-0.25, -0.2) is 0 Å². The highest BCUT2D eigenvalue weighted by Gasteiger charge is 2.20. The monoisotopic (exact) mass is 434 g/mol. The van der Waals surface area contributed by atoms with Gasteiger partial charge in [0.25, 0.3) is 23.2 Å². The van der Waals surface area contributed by atoms with Gasteiger partial charge in [-0.15, -0.1) is 0 Å². The lowest BCUT2D eigenvalue weighted by Gasteiger charge is -2.18. The molecule has 0 fully saturated rings. The highest BCUT2D eigenvalue weighted by atomic mass is 16.6. The van der Waals surface area contributed by atoms with Gasteiger partial charge >= 0.3 is 0 Å². The molecule has 0 aliphatic heterocycles. The van der Waals surface area contributed by atoms with Gasteiger partial charge < -0.3 is 10.2 Å². The van der Waals surface area contributed by atoms with Crippen LogP contribution in [-0.4, -0.2) is 33.6 Å². The molecule has 0 spiro atoms. The molecule has 10 nitrogen and oxygen atoms in total. The van der Waals surface area contributed by atoms with Gasteiger partial charge in [-0.05, 0) is 23.8 Å². The molecule has 0 aliphatic rings. The van der Waals surface area contributed by atoms with Gasteiger partial charge in [0.05, 0.1) is 21.5 Å². The first-order valence-corrected chi connectivity index (χ1v) is 9.39. The highest BCUT2D eigenvalue weighted by Crippen LogP contribution is 2.24. The smallest absolute Gasteiger partial charge is 0.277 e. The summed E-state index contributed by atoms with van der Waals surface area (Å²) in [6.07, 6.45) is 0. The van der Waals surface area contributed by atoms with Crippen LogP contribution in [0, 0.1) is 20.2 Å². The van der Waals surface area contributed by atoms with Gasteiger partial charge in [-0.2, -0.15) is 0 Å². The number of benzene rings is 3. The van der Waals surface area contributed by atoms with Crippen LogP contribution < -0.4 is 5.32 Å². The van der Waals surface area contributed by atoms with Crippen LogP contribution in [0.1, 0.15) is 26.3 Å². The molecular weight excluding hydrogens is 416 g/mol. The summed E-state index contributed by atoms with van der Waals surface area (Å²) in [5.74, 6) is -1.05. The molecule has 0 unspecified atom stereocenters. The number of hydrogen-bond donors (Lipinski definition) is 1. The number of amides is 2. The maximum absolute atomic E-state index is 12.8. The summed E-state index contributed by atoms with van der Waals surface area (Å²) in [6.45, 7) is 0.396. The Bertz CT molecular complexity index is 1160. The number of nitro groups is 2. The van der Waals surface area contributed by atoms with E-state index in [1.165, 1.54) is 17.0 Å². The van der Waals surface area contributed by atoms with Gasteiger partial charge in [0.15, 0.2) is 0 Å². The molecule has 32 heavy (non-hydrogen) atoms. The van der Waals surface area contributed by atoms with Crippen molar-refractivity contribution in [3.63, 3.8) is 0 Å². The minimum atomic E-state index is -0.814. The van der Waals surface area contributed by atoms with Crippen molar-refractivity contribution >= 4 is 28.9 Å². The molecule has 1 N–H and O–H groups in total. The van der Waals surface area contributed by atoms with Gasteiger partial charge in [0.1, 0.15) is 0 Å². The van der Waals surface area contributed by atoms with Gasteiger partial charge in [0, 0.05) is 37.0 Å². The van der Waals surface area contributed by atoms with Crippen molar-refractivity contribution in [3.05, 3.63) is 110 Å². The number of carbonyl (C=O) groups excluding carboxylic acids is 2. The summed E-state index contributed by atoms with van der Waals surface area (Å²) in [6, 6.07) is 18.3. The predicted molar refractivity (Wildman–Crippen MR) is 116 cm³/mol. The van der Waals surface area contributed by atoms with Crippen molar-refractivity contribution in [1.29, 1.82) is 0 Å². The SMILES string of the molecule is CN(Cc1ccccc1)C(=O)c1cccc(NC(=O)c2cc([N+](=O)[O-])cc([N+](=O)[O-])c2)c1. The van der Waals surface area contributed by atoms with Crippen LogP contribution in [0.4, 0.5) is 17.1 Å². The number of carbonyl (C=O) groups is 2. The first-order chi connectivity index (χ1) is 15.2. The standard InChI is InChI=1S/C22H18N4O6/c1-24(14-15-6-3-2-4-7-15)22(28)16-8-5-9-18(10-16)23-21(27)17-11-19(25(29)30)13-20(12-17)26(31)32/h2-13H,14H2,1H3,(H,23,27). The minimum Gasteiger partial charge on any atom is -0.337 e. The Labute approximate surface area is 182 Å². The van der Waals surface area contributed by atoms with E-state index in [2.05, 4.69) is 5.32 Å². The molecule has 0 heterocycles. The summed E-state index contributed by atoms with van der Waals surface area (Å²) < 4.78 is 0. The number of nitro benzene ring substituents is 2. The molecule has 10 heteroatoms. The fourth-order valence-electron chi connectivity index (χ4n) is 3.02. The molecule has 162 valence electrons. The van der Waals surface area contributed by atoms with Gasteiger partial charge in [-0.3, -0.25) is 29.8 Å². The van der Waals surface area contributed by atoms with Gasteiger partial charge in [-0.1, -0.05) is 36.4 Å². The Morgan fingerprint density at radius 2 is 1.47 bits per heavy atom. The molecular formula is C22H18N4O6. The molecule has 0 bridgehead atoms. The van der Waals surface area contributed by atoms with E-state index in [1.807, 2.05) is 30.3 Å². The second kappa shape index (κ2) is 9.47. The van der Waals surface area contributed by atoms with Crippen molar-refractivity contribution in [2.75, 3.05) is 12.4 Å². The van der Waals surface area contributed by atoms with Crippen LogP contribution >= 0.6 is 0 Å². The Kier molecular flexibility index (Phi) is 6.54. The fourth-order valence-corrected chi connectivity index (χ4v) is 3.02. The van der Waals surface area contributed by atoms with E-state index in [9.17, 15) is 29.8 Å². The van der Waals surface area contributed by atoms with Crippen LogP contribution in [-0.2, 0) is 6.54 Å². The molecule has 2 amide bonds. The Balaban J connectivity index is 1.78. The van der Waals surface area contributed by atoms with Gasteiger partial charge in [0.2, 0.25) is 0 Å². The number of hydrogen-bond acceptors (Lipinski definition) is 6. The van der Waals surface area contributed by atoms with E-state index in [0.29, 0.717) is 12.1 Å². The molecule has 0 aromatic heterocycles. The third-order valence-corrected chi connectivity index (χ3v) is 4.56. The number of anilines is 1. The third kappa shape index (κ3) is 5.30. The van der Waals surface area contributed by atoms with E-state index >= 15 is 0 Å². The fraction of sp³-hybridized carbons (Fsp3) is 0.0909. The normalized spacial score (nSPS) is 10.3. The number of rotatable bonds is 7. The Morgan fingerprint density at radius 3 is 2.06 bits per heavy atom. The van der Waals surface area contributed by atoms with E-state index in [1.54, 1.807) is 19.2 Å². The summed E-state index contributed by atoms with van der Waals surface area (Å²) in [4.78, 5) is 47.3. The molecule has 0 radical (unpaired) electrons. The molecule has 0 aliphatic carbocycles. The zero-order chi connectivity index (χ0) is 23.3. The quantitative estimate of drug-likeness (QED) is 0.440. The summed E-state index contributed by atoms with van der Waals surface area (Å²) >= 11 is 0. The maximum Gasteiger partial charge on any atom is 0.277 e. The average Bonchev–Trinajstić information content (AvgIpc) is 2.79. The molecule has 0 atom stereocenters. The predicted octanol–water partition coefficient (Wildman–Crippen LogP) is 4.03. The third-order valence-electron chi connectivity index (χ3n) is 4.56. The number of non-ortho nitro benzene ring substituents is 2. The first kappa shape index (κ1) is 22.1. The number of nitrogens with zero attached hydrogens (tertiary/aromatic N) is 3. The lowest BCUT2D eigenvalue weighted by Crippen LogP contribution is -2.26. The summed E-state index contributed by atoms with van der Waals surface area (Å²) in [7, 11) is 1.66. The van der Waals surface area contributed by atoms with E-state index < -0.39 is 27.1 Å². The highest BCUT2D eigenvalue weighted by molar-refractivity contribution is 6.06. The molecule has 0 saturated carbocycles. The van der Waals surface area contributed by atoms with Crippen LogP contribution in [0.3, 0.4) is 0 Å². The Hall–Kier alpha value is -4.60. The lowest BCUT2D eigenvalue weighted by molar-refractivity contribution is -0.394. The van der Waals surface area contributed by atoms with Crippen molar-refractivity contribution in [2.45, 2.75) is 6.54 Å². The second-order valence-electron chi connectivity index (χ2n) is 6.93. The van der Waals surface area contributed by atoms with E-state index in [-0.39, 0.29) is 17.2 Å². The zero-order valence-corrected chi connectivity index (χ0v) is 16.9. The Morgan fingerprint density at radius 1 is 0.844 bits per heavy atom. The first-order valence-electron chi connectivity index (χ1n) is 9.39. The van der Waals surface area contributed by atoms with E-state index in [4.69, 9.17) is 0 Å². The largest absolute Gasteiger partial charge is 0.337 e. The van der Waals surface area contributed by atoms with Crippen molar-refractivity contribution in [3.8, 4) is 0 Å². The van der Waals surface area contributed by atoms with Crippen LogP contribution in [0.5, 0.6) is 0 Å². The minimum absolute atomic E-state index is 0.246. The maximum atomic E-state index is 12.8. The molecule has 3 aromatic rings. The summed E-state index contributed by atoms with van der Waals surface area (Å²) in [5.41, 5.74) is 0.157. The van der Waals surface area contributed by atoms with Crippen molar-refractivity contribution < 1.29 is 19.4 Å². The average molecular weight is 434 g/mol. The van der Waals surface area contributed by atoms with Crippen molar-refractivity contribution in [1.82, 2.24) is 4.90 Å². The summed E-state index contributed by atoms with van der Waals surface area (Å²) in [5, 5.41) is 24.6. The topological polar surface area (TPSA) is 136 Å². The van der Waals surface area contributed by atoms with Crippen LogP contribution in [0.15, 0.2) is 72.8 Å². The molecule has 0 saturated heterocycles.